The number of anilines is 1. The van der Waals surface area contributed by atoms with Crippen LogP contribution in [0.2, 0.25) is 0 Å². The van der Waals surface area contributed by atoms with Crippen LogP contribution in [0.15, 0.2) is 78.9 Å². The van der Waals surface area contributed by atoms with E-state index in [1.54, 1.807) is 31.2 Å². The van der Waals surface area contributed by atoms with Crippen molar-refractivity contribution in [2.45, 2.75) is 13.8 Å². The molecule has 154 valence electrons. The van der Waals surface area contributed by atoms with Gasteiger partial charge >= 0.3 is 5.97 Å². The van der Waals surface area contributed by atoms with Crippen LogP contribution < -0.4 is 5.32 Å². The molecule has 5 nitrogen and oxygen atoms in total. The molecule has 0 aliphatic rings. The number of hydrogen-bond donors (Lipinski definition) is 1. The van der Waals surface area contributed by atoms with Crippen LogP contribution in [0.4, 0.5) is 5.69 Å². The minimum atomic E-state index is -0.473. The summed E-state index contributed by atoms with van der Waals surface area (Å²) in [7, 11) is 0. The van der Waals surface area contributed by atoms with Crippen molar-refractivity contribution in [2.75, 3.05) is 11.9 Å². The van der Waals surface area contributed by atoms with E-state index in [-0.39, 0.29) is 12.5 Å². The smallest absolute Gasteiger partial charge is 0.340 e. The Hall–Kier alpha value is -3.99. The zero-order valence-corrected chi connectivity index (χ0v) is 17.4. The average molecular weight is 410 g/mol. The molecular weight excluding hydrogens is 388 g/mol. The minimum absolute atomic E-state index is 0.260. The second-order valence-corrected chi connectivity index (χ2v) is 7.06. The maximum absolute atomic E-state index is 13.5. The summed E-state index contributed by atoms with van der Waals surface area (Å²) in [4.78, 5) is 30.6. The number of para-hydroxylation sites is 2. The van der Waals surface area contributed by atoms with Crippen molar-refractivity contribution >= 4 is 28.5 Å². The maximum atomic E-state index is 13.5. The van der Waals surface area contributed by atoms with Gasteiger partial charge in [-0.05, 0) is 37.6 Å². The number of rotatable bonds is 5. The van der Waals surface area contributed by atoms with Crippen LogP contribution in [0.3, 0.4) is 0 Å². The number of carbonyl (C=O) groups excluding carboxylic acids is 2. The first-order valence-electron chi connectivity index (χ1n) is 10.1. The van der Waals surface area contributed by atoms with Crippen LogP contribution in [0.5, 0.6) is 0 Å². The summed E-state index contributed by atoms with van der Waals surface area (Å²) < 4.78 is 5.13. The van der Waals surface area contributed by atoms with E-state index in [0.717, 1.165) is 27.7 Å². The van der Waals surface area contributed by atoms with Gasteiger partial charge in [0.25, 0.3) is 5.91 Å². The van der Waals surface area contributed by atoms with E-state index >= 15 is 0 Å². The van der Waals surface area contributed by atoms with Gasteiger partial charge in [-0.25, -0.2) is 9.78 Å². The first kappa shape index (κ1) is 20.3. The Balaban J connectivity index is 1.82. The largest absolute Gasteiger partial charge is 0.462 e. The lowest BCUT2D eigenvalue weighted by molar-refractivity contribution is 0.0527. The summed E-state index contributed by atoms with van der Waals surface area (Å²) in [6.07, 6.45) is 0. The Morgan fingerprint density at radius 2 is 1.58 bits per heavy atom. The molecule has 3 aromatic carbocycles. The number of benzene rings is 3. The van der Waals surface area contributed by atoms with Crippen LogP contribution in [-0.4, -0.2) is 23.5 Å². The van der Waals surface area contributed by atoms with Crippen molar-refractivity contribution in [3.63, 3.8) is 0 Å². The van der Waals surface area contributed by atoms with Gasteiger partial charge in [0.2, 0.25) is 0 Å². The molecule has 0 saturated carbocycles. The van der Waals surface area contributed by atoms with Crippen LogP contribution in [0.25, 0.3) is 22.2 Å². The molecule has 5 heteroatoms. The van der Waals surface area contributed by atoms with Gasteiger partial charge in [-0.3, -0.25) is 4.79 Å². The van der Waals surface area contributed by atoms with E-state index in [1.165, 1.54) is 0 Å². The Labute approximate surface area is 180 Å². The molecule has 0 bridgehead atoms. The minimum Gasteiger partial charge on any atom is -0.462 e. The summed E-state index contributed by atoms with van der Waals surface area (Å²) in [5.74, 6) is -0.773. The van der Waals surface area contributed by atoms with Gasteiger partial charge < -0.3 is 10.1 Å². The summed E-state index contributed by atoms with van der Waals surface area (Å²) in [6, 6.07) is 24.2. The fraction of sp³-hybridized carbons (Fsp3) is 0.115. The quantitative estimate of drug-likeness (QED) is 0.432. The topological polar surface area (TPSA) is 68.3 Å². The maximum Gasteiger partial charge on any atom is 0.340 e. The second-order valence-electron chi connectivity index (χ2n) is 7.06. The molecule has 4 aromatic rings. The average Bonchev–Trinajstić information content (AvgIpc) is 2.79. The van der Waals surface area contributed by atoms with Crippen LogP contribution in [-0.2, 0) is 4.74 Å². The number of nitrogens with one attached hydrogen (secondary N) is 1. The van der Waals surface area contributed by atoms with Gasteiger partial charge in [0.1, 0.15) is 0 Å². The number of nitrogens with zero attached hydrogens (tertiary/aromatic N) is 1. The fourth-order valence-corrected chi connectivity index (χ4v) is 3.64. The van der Waals surface area contributed by atoms with E-state index in [4.69, 9.17) is 9.72 Å². The molecule has 0 aliphatic heterocycles. The summed E-state index contributed by atoms with van der Waals surface area (Å²) in [5.41, 5.74) is 4.45. The van der Waals surface area contributed by atoms with E-state index < -0.39 is 5.97 Å². The monoisotopic (exact) mass is 410 g/mol. The van der Waals surface area contributed by atoms with E-state index in [2.05, 4.69) is 5.32 Å². The SMILES string of the molecule is CCOC(=O)c1ccccc1NC(=O)c1c(C)c(-c2ccccc2)nc2ccccc12. The Morgan fingerprint density at radius 3 is 2.35 bits per heavy atom. The van der Waals surface area contributed by atoms with Gasteiger partial charge in [0.05, 0.1) is 34.6 Å². The number of aromatic nitrogens is 1. The normalized spacial score (nSPS) is 10.6. The fourth-order valence-electron chi connectivity index (χ4n) is 3.64. The Morgan fingerprint density at radius 1 is 0.903 bits per heavy atom. The number of esters is 1. The van der Waals surface area contributed by atoms with Crippen molar-refractivity contribution in [2.24, 2.45) is 0 Å². The van der Waals surface area contributed by atoms with Crippen molar-refractivity contribution < 1.29 is 14.3 Å². The second kappa shape index (κ2) is 8.79. The summed E-state index contributed by atoms with van der Waals surface area (Å²) in [5, 5.41) is 3.67. The number of hydrogen-bond acceptors (Lipinski definition) is 4. The third-order valence-corrected chi connectivity index (χ3v) is 5.08. The highest BCUT2D eigenvalue weighted by Crippen LogP contribution is 2.30. The summed E-state index contributed by atoms with van der Waals surface area (Å²) in [6.45, 7) is 3.90. The summed E-state index contributed by atoms with van der Waals surface area (Å²) >= 11 is 0. The molecule has 0 aliphatic carbocycles. The molecule has 0 spiro atoms. The highest BCUT2D eigenvalue weighted by atomic mass is 16.5. The van der Waals surface area contributed by atoms with Crippen LogP contribution in [0.1, 0.15) is 33.2 Å². The van der Waals surface area contributed by atoms with Crippen LogP contribution >= 0.6 is 0 Å². The van der Waals surface area contributed by atoms with Gasteiger partial charge in [-0.2, -0.15) is 0 Å². The van der Waals surface area contributed by atoms with Gasteiger partial charge in [0, 0.05) is 10.9 Å². The molecule has 1 heterocycles. The molecular formula is C26H22N2O3. The molecule has 0 fully saturated rings. The molecule has 0 unspecified atom stereocenters. The molecule has 1 amide bonds. The predicted octanol–water partition coefficient (Wildman–Crippen LogP) is 5.64. The zero-order valence-electron chi connectivity index (χ0n) is 17.4. The van der Waals surface area contributed by atoms with Gasteiger partial charge in [-0.1, -0.05) is 60.7 Å². The first-order valence-corrected chi connectivity index (χ1v) is 10.1. The van der Waals surface area contributed by atoms with Crippen molar-refractivity contribution in [3.05, 3.63) is 95.6 Å². The highest BCUT2D eigenvalue weighted by Gasteiger charge is 2.21. The third kappa shape index (κ3) is 4.03. The van der Waals surface area contributed by atoms with E-state index in [1.807, 2.05) is 61.5 Å². The number of amides is 1. The van der Waals surface area contributed by atoms with Gasteiger partial charge in [0.15, 0.2) is 0 Å². The molecule has 1 aromatic heterocycles. The lowest BCUT2D eigenvalue weighted by Gasteiger charge is -2.16. The zero-order chi connectivity index (χ0) is 21.8. The number of fused-ring (bicyclic) bond motifs is 1. The van der Waals surface area contributed by atoms with Crippen molar-refractivity contribution in [3.8, 4) is 11.3 Å². The van der Waals surface area contributed by atoms with E-state index in [0.29, 0.717) is 16.8 Å². The number of ether oxygens (including phenoxy) is 1. The van der Waals surface area contributed by atoms with E-state index in [9.17, 15) is 9.59 Å². The molecule has 31 heavy (non-hydrogen) atoms. The standard InChI is InChI=1S/C26H22N2O3/c1-3-31-26(30)20-14-8-10-16-22(20)28-25(29)23-17(2)24(18-11-5-4-6-12-18)27-21-15-9-7-13-19(21)23/h4-16H,3H2,1-2H3,(H,28,29). The lowest BCUT2D eigenvalue weighted by Crippen LogP contribution is -2.18. The van der Waals surface area contributed by atoms with Gasteiger partial charge in [-0.15, -0.1) is 0 Å². The predicted molar refractivity (Wildman–Crippen MR) is 122 cm³/mol. The first-order chi connectivity index (χ1) is 15.1. The molecule has 0 atom stereocenters. The van der Waals surface area contributed by atoms with Crippen molar-refractivity contribution in [1.29, 1.82) is 0 Å². The Kier molecular flexibility index (Phi) is 5.76. The van der Waals surface area contributed by atoms with Crippen molar-refractivity contribution in [1.82, 2.24) is 4.98 Å². The molecule has 0 saturated heterocycles. The Bertz CT molecular complexity index is 1270. The third-order valence-electron chi connectivity index (χ3n) is 5.08. The lowest BCUT2D eigenvalue weighted by atomic mass is 9.97. The highest BCUT2D eigenvalue weighted by molar-refractivity contribution is 6.15. The molecule has 0 radical (unpaired) electrons. The molecule has 1 N–H and O–H groups in total. The molecule has 4 rings (SSSR count). The van der Waals surface area contributed by atoms with Crippen LogP contribution in [0, 0.1) is 6.92 Å². The number of pyridine rings is 1. The number of carbonyl (C=O) groups is 2.